The number of benzene rings is 1. The van der Waals surface area contributed by atoms with E-state index >= 15 is 0 Å². The van der Waals surface area contributed by atoms with Gasteiger partial charge in [0.1, 0.15) is 18.7 Å². The van der Waals surface area contributed by atoms with Gasteiger partial charge in [-0.05, 0) is 18.6 Å². The summed E-state index contributed by atoms with van der Waals surface area (Å²) in [6.07, 6.45) is 1.37. The summed E-state index contributed by atoms with van der Waals surface area (Å²) in [5, 5.41) is 8.98. The van der Waals surface area contributed by atoms with Gasteiger partial charge in [-0.25, -0.2) is 0 Å². The minimum Gasteiger partial charge on any atom is -0.486 e. The van der Waals surface area contributed by atoms with Crippen molar-refractivity contribution >= 4 is 29.3 Å². The minimum absolute atomic E-state index is 0.0188. The molecule has 3 rings (SSSR count). The first kappa shape index (κ1) is 16.9. The van der Waals surface area contributed by atoms with Crippen LogP contribution >= 0.6 is 11.8 Å². The summed E-state index contributed by atoms with van der Waals surface area (Å²) >= 11 is 1.37. The third kappa shape index (κ3) is 4.33. The van der Waals surface area contributed by atoms with E-state index in [2.05, 4.69) is 16.0 Å². The second-order valence-corrected chi connectivity index (χ2v) is 6.73. The number of carbonyl (C=O) groups is 2. The van der Waals surface area contributed by atoms with E-state index in [1.807, 2.05) is 6.92 Å². The zero-order valence-corrected chi connectivity index (χ0v) is 14.3. The second kappa shape index (κ2) is 7.76. The van der Waals surface area contributed by atoms with E-state index in [0.29, 0.717) is 36.8 Å². The van der Waals surface area contributed by atoms with Gasteiger partial charge >= 0.3 is 0 Å². The Labute approximate surface area is 144 Å². The van der Waals surface area contributed by atoms with Crippen LogP contribution < -0.4 is 25.4 Å². The molecule has 8 heteroatoms. The van der Waals surface area contributed by atoms with Crippen LogP contribution in [-0.2, 0) is 9.59 Å². The van der Waals surface area contributed by atoms with Crippen molar-refractivity contribution in [2.24, 2.45) is 0 Å². The van der Waals surface area contributed by atoms with Crippen LogP contribution in [0.1, 0.15) is 19.8 Å². The second-order valence-electron chi connectivity index (χ2n) is 5.64. The Morgan fingerprint density at radius 2 is 2.12 bits per heavy atom. The van der Waals surface area contributed by atoms with Gasteiger partial charge in [-0.15, -0.1) is 11.8 Å². The lowest BCUT2D eigenvalue weighted by atomic mass is 10.1. The van der Waals surface area contributed by atoms with Crippen LogP contribution in [0.25, 0.3) is 0 Å². The number of fused-ring (bicyclic) bond motifs is 1. The van der Waals surface area contributed by atoms with Gasteiger partial charge in [0.25, 0.3) is 0 Å². The average molecular weight is 351 g/mol. The molecule has 0 aliphatic carbocycles. The molecule has 1 aromatic carbocycles. The first-order valence-electron chi connectivity index (χ1n) is 8.00. The maximum atomic E-state index is 12.1. The van der Waals surface area contributed by atoms with E-state index < -0.39 is 0 Å². The molecule has 3 N–H and O–H groups in total. The lowest BCUT2D eigenvalue weighted by molar-refractivity contribution is -0.123. The maximum absolute atomic E-state index is 12.1. The van der Waals surface area contributed by atoms with Crippen molar-refractivity contribution in [2.75, 3.05) is 24.3 Å². The third-order valence-corrected chi connectivity index (χ3v) is 4.83. The average Bonchev–Trinajstić information content (AvgIpc) is 2.59. The molecular weight excluding hydrogens is 330 g/mol. The number of hydrogen-bond donors (Lipinski definition) is 3. The zero-order valence-electron chi connectivity index (χ0n) is 13.5. The van der Waals surface area contributed by atoms with Gasteiger partial charge in [0, 0.05) is 24.2 Å². The molecule has 2 unspecified atom stereocenters. The van der Waals surface area contributed by atoms with Crippen LogP contribution in [0.4, 0.5) is 5.69 Å². The summed E-state index contributed by atoms with van der Waals surface area (Å²) in [6, 6.07) is 5.48. The Bertz CT molecular complexity index is 625. The molecule has 0 bridgehead atoms. The lowest BCUT2D eigenvalue weighted by Gasteiger charge is -2.30. The fraction of sp³-hybridized carbons (Fsp3) is 0.500. The summed E-state index contributed by atoms with van der Waals surface area (Å²) < 4.78 is 10.9. The summed E-state index contributed by atoms with van der Waals surface area (Å²) in [6.45, 7) is 3.08. The van der Waals surface area contributed by atoms with Crippen LogP contribution in [0, 0.1) is 0 Å². The van der Waals surface area contributed by atoms with Crippen molar-refractivity contribution in [1.82, 2.24) is 10.6 Å². The number of hydrogen-bond acceptors (Lipinski definition) is 6. The largest absolute Gasteiger partial charge is 0.486 e. The molecule has 1 aromatic rings. The molecule has 2 atom stereocenters. The molecule has 0 aromatic heterocycles. The fourth-order valence-electron chi connectivity index (χ4n) is 2.57. The predicted molar refractivity (Wildman–Crippen MR) is 92.3 cm³/mol. The predicted octanol–water partition coefficient (Wildman–Crippen LogP) is 1.30. The Kier molecular flexibility index (Phi) is 5.47. The molecule has 24 heavy (non-hydrogen) atoms. The van der Waals surface area contributed by atoms with Gasteiger partial charge < -0.3 is 20.1 Å². The third-order valence-electron chi connectivity index (χ3n) is 3.81. The quantitative estimate of drug-likeness (QED) is 0.741. The van der Waals surface area contributed by atoms with Crippen LogP contribution in [0.5, 0.6) is 11.5 Å². The molecule has 2 amide bonds. The monoisotopic (exact) mass is 351 g/mol. The van der Waals surface area contributed by atoms with Crippen LogP contribution in [-0.4, -0.2) is 42.3 Å². The number of carbonyl (C=O) groups excluding carboxylic acids is 2. The normalized spacial score (nSPS) is 22.6. The Hall–Kier alpha value is -1.93. The molecule has 1 fully saturated rings. The molecular formula is C16H21N3O4S. The fourth-order valence-corrected chi connectivity index (χ4v) is 3.47. The van der Waals surface area contributed by atoms with E-state index in [1.54, 1.807) is 18.2 Å². The van der Waals surface area contributed by atoms with Gasteiger partial charge in [-0.3, -0.25) is 14.9 Å². The molecule has 0 saturated carbocycles. The number of anilines is 1. The summed E-state index contributed by atoms with van der Waals surface area (Å²) in [7, 11) is 0. The Balaban J connectivity index is 1.50. The highest BCUT2D eigenvalue weighted by molar-refractivity contribution is 8.00. The van der Waals surface area contributed by atoms with Crippen molar-refractivity contribution in [3.8, 4) is 11.5 Å². The van der Waals surface area contributed by atoms with Crippen LogP contribution in [0.2, 0.25) is 0 Å². The Morgan fingerprint density at radius 1 is 1.33 bits per heavy atom. The highest BCUT2D eigenvalue weighted by Gasteiger charge is 2.25. The maximum Gasteiger partial charge on any atom is 0.234 e. The molecule has 2 heterocycles. The first-order valence-corrected chi connectivity index (χ1v) is 9.05. The van der Waals surface area contributed by atoms with Crippen molar-refractivity contribution in [3.05, 3.63) is 18.2 Å². The van der Waals surface area contributed by atoms with E-state index in [4.69, 9.17) is 9.47 Å². The van der Waals surface area contributed by atoms with E-state index in [9.17, 15) is 9.59 Å². The van der Waals surface area contributed by atoms with Crippen molar-refractivity contribution < 1.29 is 19.1 Å². The number of nitrogens with one attached hydrogen (secondary N) is 3. The van der Waals surface area contributed by atoms with Gasteiger partial charge in [0.05, 0.1) is 5.75 Å². The van der Waals surface area contributed by atoms with Gasteiger partial charge in [-0.1, -0.05) is 6.92 Å². The number of ether oxygens (including phenoxy) is 2. The zero-order chi connectivity index (χ0) is 16.9. The van der Waals surface area contributed by atoms with Crippen LogP contribution in [0.3, 0.4) is 0 Å². The van der Waals surface area contributed by atoms with Gasteiger partial charge in [0.2, 0.25) is 11.8 Å². The van der Waals surface area contributed by atoms with Crippen molar-refractivity contribution in [3.63, 3.8) is 0 Å². The van der Waals surface area contributed by atoms with Crippen LogP contribution in [0.15, 0.2) is 18.2 Å². The molecule has 2 aliphatic heterocycles. The van der Waals surface area contributed by atoms with Gasteiger partial charge in [0.15, 0.2) is 11.5 Å². The molecule has 0 radical (unpaired) electrons. The van der Waals surface area contributed by atoms with Crippen molar-refractivity contribution in [1.29, 1.82) is 0 Å². The first-order chi connectivity index (χ1) is 11.6. The van der Waals surface area contributed by atoms with E-state index in [1.165, 1.54) is 11.8 Å². The topological polar surface area (TPSA) is 88.7 Å². The summed E-state index contributed by atoms with van der Waals surface area (Å²) in [5.74, 6) is 1.45. The SMILES string of the molecule is CCC1CC(=O)NC(SCC(=O)Nc2ccc3c(c2)OCCO3)N1. The number of thioether (sulfide) groups is 1. The molecule has 0 spiro atoms. The lowest BCUT2D eigenvalue weighted by Crippen LogP contribution is -2.54. The van der Waals surface area contributed by atoms with Crippen molar-refractivity contribution in [2.45, 2.75) is 31.3 Å². The molecule has 7 nitrogen and oxygen atoms in total. The summed E-state index contributed by atoms with van der Waals surface area (Å²) in [5.41, 5.74) is 0.430. The van der Waals surface area contributed by atoms with E-state index in [0.717, 1.165) is 6.42 Å². The highest BCUT2D eigenvalue weighted by Crippen LogP contribution is 2.32. The van der Waals surface area contributed by atoms with E-state index in [-0.39, 0.29) is 29.1 Å². The molecule has 2 aliphatic rings. The standard InChI is InChI=1S/C16H21N3O4S/c1-2-10-8-14(20)19-16(18-10)24-9-15(21)17-11-3-4-12-13(7-11)23-6-5-22-12/h3-4,7,10,16,18H,2,5-6,8-9H2,1H3,(H,17,21)(H,19,20). The minimum atomic E-state index is -0.234. The number of amides is 2. The molecule has 1 saturated heterocycles. The Morgan fingerprint density at radius 3 is 2.92 bits per heavy atom. The highest BCUT2D eigenvalue weighted by atomic mass is 32.2. The van der Waals surface area contributed by atoms with Gasteiger partial charge in [-0.2, -0.15) is 0 Å². The molecule has 130 valence electrons. The smallest absolute Gasteiger partial charge is 0.234 e. The summed E-state index contributed by atoms with van der Waals surface area (Å²) in [4.78, 5) is 23.7. The number of rotatable bonds is 5.